The van der Waals surface area contributed by atoms with Crippen molar-refractivity contribution in [1.82, 2.24) is 10.2 Å². The van der Waals surface area contributed by atoms with Gasteiger partial charge in [-0.2, -0.15) is 0 Å². The highest BCUT2D eigenvalue weighted by Crippen LogP contribution is 2.52. The van der Waals surface area contributed by atoms with Crippen LogP contribution in [0.5, 0.6) is 0 Å². The molecule has 0 aromatic rings. The number of fused-ring (bicyclic) bond motifs is 1. The van der Waals surface area contributed by atoms with Crippen molar-refractivity contribution >= 4 is 11.8 Å². The highest BCUT2D eigenvalue weighted by molar-refractivity contribution is 5.83. The molecule has 0 aromatic carbocycles. The Bertz CT molecular complexity index is 391. The number of amides is 2. The number of hydrogen-bond donors (Lipinski definition) is 1. The third-order valence-electron chi connectivity index (χ3n) is 4.95. The van der Waals surface area contributed by atoms with Crippen LogP contribution < -0.4 is 5.32 Å². The first-order chi connectivity index (χ1) is 8.47. The van der Waals surface area contributed by atoms with Gasteiger partial charge in [0.25, 0.3) is 0 Å². The van der Waals surface area contributed by atoms with Gasteiger partial charge in [0.2, 0.25) is 11.8 Å². The first-order valence-electron chi connectivity index (χ1n) is 7.05. The topological polar surface area (TPSA) is 49.4 Å². The second kappa shape index (κ2) is 3.97. The van der Waals surface area contributed by atoms with Crippen molar-refractivity contribution in [1.29, 1.82) is 0 Å². The predicted molar refractivity (Wildman–Crippen MR) is 67.7 cm³/mol. The summed E-state index contributed by atoms with van der Waals surface area (Å²) < 4.78 is 0. The Hall–Kier alpha value is -1.06. The van der Waals surface area contributed by atoms with Crippen LogP contribution in [0.3, 0.4) is 0 Å². The second-order valence-electron chi connectivity index (χ2n) is 6.79. The fourth-order valence-electron chi connectivity index (χ4n) is 3.42. The zero-order valence-electron chi connectivity index (χ0n) is 11.2. The minimum atomic E-state index is 0.180. The molecule has 100 valence electrons. The summed E-state index contributed by atoms with van der Waals surface area (Å²) in [5, 5.41) is 3.06. The summed E-state index contributed by atoms with van der Waals surface area (Å²) in [7, 11) is 0. The molecular weight excluding hydrogens is 228 g/mol. The van der Waals surface area contributed by atoms with E-state index in [4.69, 9.17) is 0 Å². The van der Waals surface area contributed by atoms with Crippen LogP contribution in [0.15, 0.2) is 0 Å². The zero-order chi connectivity index (χ0) is 12.9. The van der Waals surface area contributed by atoms with Crippen molar-refractivity contribution in [2.75, 3.05) is 13.1 Å². The molecule has 0 bridgehead atoms. The number of carbonyl (C=O) groups excluding carboxylic acids is 2. The molecule has 3 atom stereocenters. The van der Waals surface area contributed by atoms with Crippen molar-refractivity contribution in [2.24, 2.45) is 17.3 Å². The molecule has 3 rings (SSSR count). The Kier molecular flexibility index (Phi) is 2.65. The number of carbonyl (C=O) groups is 2. The molecule has 2 amide bonds. The van der Waals surface area contributed by atoms with Gasteiger partial charge in [-0.1, -0.05) is 13.8 Å². The Labute approximate surface area is 108 Å². The van der Waals surface area contributed by atoms with Gasteiger partial charge in [-0.05, 0) is 30.6 Å². The third-order valence-corrected chi connectivity index (χ3v) is 4.95. The van der Waals surface area contributed by atoms with Gasteiger partial charge in [0.05, 0.1) is 0 Å². The van der Waals surface area contributed by atoms with Crippen molar-refractivity contribution < 1.29 is 9.59 Å². The minimum Gasteiger partial charge on any atom is -0.353 e. The second-order valence-corrected chi connectivity index (χ2v) is 6.79. The van der Waals surface area contributed by atoms with Crippen LogP contribution in [0.25, 0.3) is 0 Å². The number of likely N-dealkylation sites (tertiary alicyclic amines) is 1. The van der Waals surface area contributed by atoms with E-state index in [1.807, 2.05) is 4.90 Å². The first-order valence-corrected chi connectivity index (χ1v) is 7.05. The molecule has 4 nitrogen and oxygen atoms in total. The average molecular weight is 250 g/mol. The van der Waals surface area contributed by atoms with Gasteiger partial charge < -0.3 is 10.2 Å². The zero-order valence-corrected chi connectivity index (χ0v) is 11.2. The van der Waals surface area contributed by atoms with Crippen molar-refractivity contribution in [2.45, 2.75) is 45.6 Å². The largest absolute Gasteiger partial charge is 0.353 e. The lowest BCUT2D eigenvalue weighted by atomic mass is 9.85. The number of nitrogens with zero attached hydrogens (tertiary/aromatic N) is 1. The van der Waals surface area contributed by atoms with Gasteiger partial charge in [0.15, 0.2) is 0 Å². The molecule has 4 heteroatoms. The molecule has 3 aliphatic rings. The van der Waals surface area contributed by atoms with Crippen LogP contribution in [0.4, 0.5) is 0 Å². The van der Waals surface area contributed by atoms with E-state index in [0.29, 0.717) is 24.3 Å². The van der Waals surface area contributed by atoms with Crippen molar-refractivity contribution in [3.63, 3.8) is 0 Å². The lowest BCUT2D eigenvalue weighted by Gasteiger charge is -2.41. The Balaban J connectivity index is 1.61. The maximum Gasteiger partial charge on any atom is 0.226 e. The maximum absolute atomic E-state index is 12.4. The quantitative estimate of drug-likeness (QED) is 0.759. The van der Waals surface area contributed by atoms with Crippen molar-refractivity contribution in [3.05, 3.63) is 0 Å². The molecule has 2 aliphatic heterocycles. The van der Waals surface area contributed by atoms with Gasteiger partial charge in [0, 0.05) is 31.5 Å². The SMILES string of the molecule is CC1(C)CC1C(=O)N1CCC2NC(=O)CCC2C1. The van der Waals surface area contributed by atoms with Crippen LogP contribution in [0.2, 0.25) is 0 Å². The highest BCUT2D eigenvalue weighted by atomic mass is 16.2. The number of hydrogen-bond acceptors (Lipinski definition) is 2. The highest BCUT2D eigenvalue weighted by Gasteiger charge is 2.52. The smallest absolute Gasteiger partial charge is 0.226 e. The molecule has 2 saturated heterocycles. The van der Waals surface area contributed by atoms with E-state index < -0.39 is 0 Å². The molecule has 3 unspecified atom stereocenters. The van der Waals surface area contributed by atoms with Gasteiger partial charge in [0.1, 0.15) is 0 Å². The first kappa shape index (κ1) is 12.0. The molecular formula is C14H22N2O2. The summed E-state index contributed by atoms with van der Waals surface area (Å²) in [6.45, 7) is 6.00. The fraction of sp³-hybridized carbons (Fsp3) is 0.857. The van der Waals surface area contributed by atoms with Crippen LogP contribution in [0, 0.1) is 17.3 Å². The van der Waals surface area contributed by atoms with Crippen molar-refractivity contribution in [3.8, 4) is 0 Å². The molecule has 0 radical (unpaired) electrons. The van der Waals surface area contributed by atoms with E-state index >= 15 is 0 Å². The molecule has 3 fully saturated rings. The molecule has 0 aromatic heterocycles. The standard InChI is InChI=1S/C14H22N2O2/c1-14(2)7-10(14)13(18)16-6-5-11-9(8-16)3-4-12(17)15-11/h9-11H,3-8H2,1-2H3,(H,15,17). The summed E-state index contributed by atoms with van der Waals surface area (Å²) in [4.78, 5) is 25.7. The lowest BCUT2D eigenvalue weighted by molar-refractivity contribution is -0.136. The Morgan fingerprint density at radius 3 is 2.78 bits per heavy atom. The Morgan fingerprint density at radius 1 is 1.39 bits per heavy atom. The maximum atomic E-state index is 12.4. The van der Waals surface area contributed by atoms with E-state index in [0.717, 1.165) is 32.4 Å². The van der Waals surface area contributed by atoms with Gasteiger partial charge >= 0.3 is 0 Å². The molecule has 1 saturated carbocycles. The Morgan fingerprint density at radius 2 is 2.11 bits per heavy atom. The fourth-order valence-corrected chi connectivity index (χ4v) is 3.42. The van der Waals surface area contributed by atoms with Crippen LogP contribution in [0.1, 0.15) is 39.5 Å². The predicted octanol–water partition coefficient (Wildman–Crippen LogP) is 1.16. The van der Waals surface area contributed by atoms with E-state index in [2.05, 4.69) is 19.2 Å². The van der Waals surface area contributed by atoms with Gasteiger partial charge in [-0.25, -0.2) is 0 Å². The summed E-state index contributed by atoms with van der Waals surface area (Å²) in [5.74, 6) is 1.24. The number of piperidine rings is 2. The number of nitrogens with one attached hydrogen (secondary N) is 1. The normalized spacial score (nSPS) is 37.8. The van der Waals surface area contributed by atoms with E-state index in [1.165, 1.54) is 0 Å². The average Bonchev–Trinajstić information content (AvgIpc) is 2.97. The van der Waals surface area contributed by atoms with Crippen LogP contribution in [-0.2, 0) is 9.59 Å². The summed E-state index contributed by atoms with van der Waals surface area (Å²) >= 11 is 0. The van der Waals surface area contributed by atoms with Gasteiger partial charge in [-0.3, -0.25) is 9.59 Å². The summed E-state index contributed by atoms with van der Waals surface area (Å²) in [6.07, 6.45) is 3.52. The van der Waals surface area contributed by atoms with E-state index in [-0.39, 0.29) is 17.2 Å². The molecule has 1 aliphatic carbocycles. The van der Waals surface area contributed by atoms with E-state index in [1.54, 1.807) is 0 Å². The molecule has 18 heavy (non-hydrogen) atoms. The lowest BCUT2D eigenvalue weighted by Crippen LogP contribution is -2.55. The third kappa shape index (κ3) is 2.02. The van der Waals surface area contributed by atoms with Crippen LogP contribution >= 0.6 is 0 Å². The minimum absolute atomic E-state index is 0.180. The van der Waals surface area contributed by atoms with Gasteiger partial charge in [-0.15, -0.1) is 0 Å². The monoisotopic (exact) mass is 250 g/mol. The number of rotatable bonds is 1. The summed E-state index contributed by atoms with van der Waals surface area (Å²) in [5.41, 5.74) is 0.217. The molecule has 2 heterocycles. The van der Waals surface area contributed by atoms with E-state index in [9.17, 15) is 9.59 Å². The molecule has 0 spiro atoms. The molecule has 1 N–H and O–H groups in total. The van der Waals surface area contributed by atoms with Crippen LogP contribution in [-0.4, -0.2) is 35.8 Å². The summed E-state index contributed by atoms with van der Waals surface area (Å²) in [6, 6.07) is 0.308.